The summed E-state index contributed by atoms with van der Waals surface area (Å²) >= 11 is 0. The number of methoxy groups -OCH3 is 1. The van der Waals surface area contributed by atoms with Crippen LogP contribution in [0, 0.1) is 0 Å². The van der Waals surface area contributed by atoms with Crippen molar-refractivity contribution in [1.82, 2.24) is 0 Å². The summed E-state index contributed by atoms with van der Waals surface area (Å²) in [5, 5.41) is 0. The van der Waals surface area contributed by atoms with Crippen LogP contribution < -0.4 is 10.6 Å². The molecule has 0 aliphatic carbocycles. The molecule has 1 heterocycles. The number of amides is 1. The van der Waals surface area contributed by atoms with E-state index in [9.17, 15) is 4.79 Å². The first-order valence-corrected chi connectivity index (χ1v) is 7.25. The van der Waals surface area contributed by atoms with Crippen LogP contribution in [-0.2, 0) is 9.53 Å². The molecule has 1 aliphatic rings. The zero-order chi connectivity index (χ0) is 14.8. The van der Waals surface area contributed by atoms with Crippen LogP contribution in [0.15, 0.2) is 24.3 Å². The van der Waals surface area contributed by atoms with Crippen molar-refractivity contribution < 1.29 is 9.53 Å². The Morgan fingerprint density at radius 1 is 1.50 bits per heavy atom. The standard InChI is InChI=1S/C16H24N2O2/c1-4-16(2,20-3)15(19)18-11-7-9-13(17)12-8-5-6-10-14(12)18/h5-6,8,10,13H,4,7,9,11,17H2,1-3H3. The number of carbonyl (C=O) groups is 1. The summed E-state index contributed by atoms with van der Waals surface area (Å²) < 4.78 is 5.46. The van der Waals surface area contributed by atoms with E-state index in [1.165, 1.54) is 0 Å². The average Bonchev–Trinajstić information content (AvgIpc) is 2.65. The quantitative estimate of drug-likeness (QED) is 0.923. The Morgan fingerprint density at radius 2 is 2.20 bits per heavy atom. The molecule has 0 fully saturated rings. The molecule has 0 saturated carbocycles. The van der Waals surface area contributed by atoms with E-state index in [4.69, 9.17) is 10.5 Å². The van der Waals surface area contributed by atoms with E-state index in [-0.39, 0.29) is 11.9 Å². The molecular weight excluding hydrogens is 252 g/mol. The molecule has 0 bridgehead atoms. The van der Waals surface area contributed by atoms with Gasteiger partial charge >= 0.3 is 0 Å². The highest BCUT2D eigenvalue weighted by molar-refractivity contribution is 6.00. The van der Waals surface area contributed by atoms with Crippen molar-refractivity contribution in [3.63, 3.8) is 0 Å². The van der Waals surface area contributed by atoms with Crippen molar-refractivity contribution in [3.8, 4) is 0 Å². The number of nitrogens with two attached hydrogens (primary N) is 1. The highest BCUT2D eigenvalue weighted by atomic mass is 16.5. The Hall–Kier alpha value is -1.39. The van der Waals surface area contributed by atoms with Gasteiger partial charge in [-0.25, -0.2) is 0 Å². The number of hydrogen-bond donors (Lipinski definition) is 1. The molecule has 2 unspecified atom stereocenters. The third-order valence-corrected chi connectivity index (χ3v) is 4.35. The highest BCUT2D eigenvalue weighted by Gasteiger charge is 2.37. The fourth-order valence-electron chi connectivity index (χ4n) is 2.67. The van der Waals surface area contributed by atoms with Crippen LogP contribution in [0.3, 0.4) is 0 Å². The number of hydrogen-bond acceptors (Lipinski definition) is 3. The Labute approximate surface area is 120 Å². The van der Waals surface area contributed by atoms with Gasteiger partial charge < -0.3 is 15.4 Å². The van der Waals surface area contributed by atoms with Gasteiger partial charge in [-0.2, -0.15) is 0 Å². The fraction of sp³-hybridized carbons (Fsp3) is 0.562. The lowest BCUT2D eigenvalue weighted by Gasteiger charge is -2.33. The first-order valence-electron chi connectivity index (χ1n) is 7.25. The van der Waals surface area contributed by atoms with Crippen molar-refractivity contribution >= 4 is 11.6 Å². The predicted molar refractivity (Wildman–Crippen MR) is 80.7 cm³/mol. The van der Waals surface area contributed by atoms with Crippen molar-refractivity contribution in [2.45, 2.75) is 44.8 Å². The van der Waals surface area contributed by atoms with E-state index in [1.54, 1.807) is 7.11 Å². The lowest BCUT2D eigenvalue weighted by atomic mass is 9.99. The fourth-order valence-corrected chi connectivity index (χ4v) is 2.67. The van der Waals surface area contributed by atoms with Crippen LogP contribution in [0.25, 0.3) is 0 Å². The molecular formula is C16H24N2O2. The summed E-state index contributed by atoms with van der Waals surface area (Å²) in [6.45, 7) is 4.52. The van der Waals surface area contributed by atoms with Crippen LogP contribution in [0.2, 0.25) is 0 Å². The largest absolute Gasteiger partial charge is 0.369 e. The Morgan fingerprint density at radius 3 is 2.85 bits per heavy atom. The summed E-state index contributed by atoms with van der Waals surface area (Å²) in [6, 6.07) is 7.92. The molecule has 1 aliphatic heterocycles. The van der Waals surface area contributed by atoms with Crippen molar-refractivity contribution in [1.29, 1.82) is 0 Å². The van der Waals surface area contributed by atoms with Gasteiger partial charge in [0.2, 0.25) is 0 Å². The molecule has 0 spiro atoms. The van der Waals surface area contributed by atoms with Gasteiger partial charge in [0.15, 0.2) is 0 Å². The lowest BCUT2D eigenvalue weighted by Crippen LogP contribution is -2.48. The number of fused-ring (bicyclic) bond motifs is 1. The zero-order valence-corrected chi connectivity index (χ0v) is 12.6. The number of para-hydroxylation sites is 1. The summed E-state index contributed by atoms with van der Waals surface area (Å²) in [6.07, 6.45) is 2.45. The molecule has 2 N–H and O–H groups in total. The molecule has 1 aromatic carbocycles. The third-order valence-electron chi connectivity index (χ3n) is 4.35. The predicted octanol–water partition coefficient (Wildman–Crippen LogP) is 2.63. The second-order valence-electron chi connectivity index (χ2n) is 5.55. The maximum absolute atomic E-state index is 12.9. The molecule has 0 aromatic heterocycles. The van der Waals surface area contributed by atoms with E-state index < -0.39 is 5.60 Å². The lowest BCUT2D eigenvalue weighted by molar-refractivity contribution is -0.138. The molecule has 2 rings (SSSR count). The number of anilines is 1. The normalized spacial score (nSPS) is 21.8. The van der Waals surface area contributed by atoms with Crippen LogP contribution in [0.4, 0.5) is 5.69 Å². The van der Waals surface area contributed by atoms with E-state index in [2.05, 4.69) is 0 Å². The summed E-state index contributed by atoms with van der Waals surface area (Å²) in [5.41, 5.74) is 7.42. The van der Waals surface area contributed by atoms with Crippen LogP contribution in [0.1, 0.15) is 44.7 Å². The monoisotopic (exact) mass is 276 g/mol. The van der Waals surface area contributed by atoms with Gasteiger partial charge in [-0.15, -0.1) is 0 Å². The number of ether oxygens (including phenoxy) is 1. The highest BCUT2D eigenvalue weighted by Crippen LogP contribution is 2.33. The minimum atomic E-state index is -0.776. The first kappa shape index (κ1) is 15.0. The molecule has 20 heavy (non-hydrogen) atoms. The molecule has 110 valence electrons. The SMILES string of the molecule is CCC(C)(OC)C(=O)N1CCCC(N)c2ccccc21. The molecule has 0 saturated heterocycles. The van der Waals surface area contributed by atoms with Gasteiger partial charge in [0.05, 0.1) is 0 Å². The summed E-state index contributed by atoms with van der Waals surface area (Å²) in [5.74, 6) is 0.0176. The number of rotatable bonds is 3. The third kappa shape index (κ3) is 2.58. The van der Waals surface area contributed by atoms with E-state index in [0.717, 1.165) is 24.1 Å². The second kappa shape index (κ2) is 5.94. The van der Waals surface area contributed by atoms with Crippen molar-refractivity contribution in [2.24, 2.45) is 5.73 Å². The van der Waals surface area contributed by atoms with E-state index in [1.807, 2.05) is 43.0 Å². The Kier molecular flexibility index (Phi) is 4.45. The van der Waals surface area contributed by atoms with Crippen molar-refractivity contribution in [2.75, 3.05) is 18.6 Å². The van der Waals surface area contributed by atoms with Gasteiger partial charge in [-0.3, -0.25) is 4.79 Å². The summed E-state index contributed by atoms with van der Waals surface area (Å²) in [7, 11) is 1.59. The molecule has 1 aromatic rings. The molecule has 4 heteroatoms. The number of nitrogens with zero attached hydrogens (tertiary/aromatic N) is 1. The number of benzene rings is 1. The van der Waals surface area contributed by atoms with Crippen molar-refractivity contribution in [3.05, 3.63) is 29.8 Å². The van der Waals surface area contributed by atoms with Crippen LogP contribution in [0.5, 0.6) is 0 Å². The van der Waals surface area contributed by atoms with Gasteiger partial charge in [-0.1, -0.05) is 25.1 Å². The van der Waals surface area contributed by atoms with Gasteiger partial charge in [0.25, 0.3) is 5.91 Å². The molecule has 4 nitrogen and oxygen atoms in total. The maximum atomic E-state index is 12.9. The minimum Gasteiger partial charge on any atom is -0.369 e. The van der Waals surface area contributed by atoms with Gasteiger partial charge in [-0.05, 0) is 37.8 Å². The molecule has 0 radical (unpaired) electrons. The number of carbonyl (C=O) groups excluding carboxylic acids is 1. The van der Waals surface area contributed by atoms with E-state index >= 15 is 0 Å². The topological polar surface area (TPSA) is 55.6 Å². The van der Waals surface area contributed by atoms with Crippen LogP contribution >= 0.6 is 0 Å². The van der Waals surface area contributed by atoms with Gasteiger partial charge in [0, 0.05) is 25.4 Å². The average molecular weight is 276 g/mol. The summed E-state index contributed by atoms with van der Waals surface area (Å²) in [4.78, 5) is 14.7. The Bertz CT molecular complexity index is 483. The first-order chi connectivity index (χ1) is 9.53. The van der Waals surface area contributed by atoms with Gasteiger partial charge in [0.1, 0.15) is 5.60 Å². The maximum Gasteiger partial charge on any atom is 0.258 e. The molecule has 1 amide bonds. The minimum absolute atomic E-state index is 0.000530. The smallest absolute Gasteiger partial charge is 0.258 e. The second-order valence-corrected chi connectivity index (χ2v) is 5.55. The zero-order valence-electron chi connectivity index (χ0n) is 12.6. The van der Waals surface area contributed by atoms with Crippen LogP contribution in [-0.4, -0.2) is 25.2 Å². The van der Waals surface area contributed by atoms with E-state index in [0.29, 0.717) is 13.0 Å². The Balaban J connectivity index is 2.42. The molecule has 2 atom stereocenters.